The highest BCUT2D eigenvalue weighted by molar-refractivity contribution is 6.33. The maximum Gasteiger partial charge on any atom is 0.287 e. The lowest BCUT2D eigenvalue weighted by Crippen LogP contribution is -2.68. The van der Waals surface area contributed by atoms with Crippen molar-refractivity contribution < 1.29 is 4.42 Å². The number of piperazine rings is 1. The minimum absolute atomic E-state index is 0.252. The summed E-state index contributed by atoms with van der Waals surface area (Å²) in [6.07, 6.45) is 4.58. The van der Waals surface area contributed by atoms with Crippen molar-refractivity contribution in [3.8, 4) is 0 Å². The summed E-state index contributed by atoms with van der Waals surface area (Å²) in [6.45, 7) is 4.36. The lowest BCUT2D eigenvalue weighted by atomic mass is 9.87. The summed E-state index contributed by atoms with van der Waals surface area (Å²) in [5.74, 6) is 0.699. The number of halogens is 1. The molecule has 0 N–H and O–H groups in total. The number of aryl methyl sites for hydroxylation is 2. The first-order chi connectivity index (χ1) is 11.0. The van der Waals surface area contributed by atoms with Crippen molar-refractivity contribution in [3.63, 3.8) is 0 Å². The average molecular weight is 336 g/mol. The van der Waals surface area contributed by atoms with Crippen LogP contribution >= 0.6 is 11.6 Å². The Morgan fingerprint density at radius 3 is 2.78 bits per heavy atom. The summed E-state index contributed by atoms with van der Waals surface area (Å²) in [5.41, 5.74) is 1.46. The maximum absolute atomic E-state index is 11.9. The van der Waals surface area contributed by atoms with E-state index in [-0.39, 0.29) is 10.6 Å². The van der Waals surface area contributed by atoms with Crippen LogP contribution in [0.5, 0.6) is 0 Å². The molecule has 23 heavy (non-hydrogen) atoms. The monoisotopic (exact) mass is 335 g/mol. The van der Waals surface area contributed by atoms with Gasteiger partial charge in [0.15, 0.2) is 5.89 Å². The molecule has 2 aromatic heterocycles. The van der Waals surface area contributed by atoms with Gasteiger partial charge in [-0.05, 0) is 6.42 Å². The SMILES string of the molecule is Cc1nc(CN2C3CC2CN(c2cnn(C)c(=O)c2Cl)C3)co1. The number of rotatable bonds is 3. The van der Waals surface area contributed by atoms with Gasteiger partial charge in [0.1, 0.15) is 11.3 Å². The van der Waals surface area contributed by atoms with Crippen molar-refractivity contribution in [2.24, 2.45) is 7.05 Å². The van der Waals surface area contributed by atoms with E-state index < -0.39 is 0 Å². The van der Waals surface area contributed by atoms with Gasteiger partial charge in [-0.25, -0.2) is 9.67 Å². The average Bonchev–Trinajstić information content (AvgIpc) is 2.96. The highest BCUT2D eigenvalue weighted by Gasteiger charge is 2.45. The molecule has 8 heteroatoms. The van der Waals surface area contributed by atoms with Crippen LogP contribution in [0.4, 0.5) is 5.69 Å². The first-order valence-electron chi connectivity index (χ1n) is 7.66. The Balaban J connectivity index is 1.49. The number of aromatic nitrogens is 3. The fraction of sp³-hybridized carbons (Fsp3) is 0.533. The normalized spacial score (nSPS) is 23.9. The Morgan fingerprint density at radius 1 is 1.39 bits per heavy atom. The van der Waals surface area contributed by atoms with Gasteiger partial charge in [0.2, 0.25) is 0 Å². The minimum Gasteiger partial charge on any atom is -0.449 e. The second-order valence-corrected chi connectivity index (χ2v) is 6.63. The number of hydrogen-bond acceptors (Lipinski definition) is 6. The van der Waals surface area contributed by atoms with Crippen molar-refractivity contribution in [2.75, 3.05) is 18.0 Å². The molecule has 0 aliphatic carbocycles. The molecule has 0 amide bonds. The van der Waals surface area contributed by atoms with E-state index in [0.29, 0.717) is 18.0 Å². The van der Waals surface area contributed by atoms with E-state index >= 15 is 0 Å². The maximum atomic E-state index is 11.9. The first-order valence-corrected chi connectivity index (χ1v) is 8.04. The van der Waals surface area contributed by atoms with E-state index in [4.69, 9.17) is 16.0 Å². The third kappa shape index (κ3) is 2.44. The van der Waals surface area contributed by atoms with Crippen LogP contribution in [0.25, 0.3) is 0 Å². The number of fused-ring (bicyclic) bond motifs is 2. The molecular weight excluding hydrogens is 318 g/mol. The first kappa shape index (κ1) is 14.7. The van der Waals surface area contributed by atoms with Crippen LogP contribution in [0, 0.1) is 6.92 Å². The van der Waals surface area contributed by atoms with Crippen molar-refractivity contribution in [1.82, 2.24) is 19.7 Å². The molecule has 5 heterocycles. The molecule has 2 aromatic rings. The van der Waals surface area contributed by atoms with Gasteiger partial charge in [-0.2, -0.15) is 5.10 Å². The third-order valence-electron chi connectivity index (χ3n) is 4.76. The van der Waals surface area contributed by atoms with Crippen molar-refractivity contribution in [2.45, 2.75) is 32.0 Å². The predicted molar refractivity (Wildman–Crippen MR) is 85.7 cm³/mol. The predicted octanol–water partition coefficient (Wildman–Crippen LogP) is 1.19. The smallest absolute Gasteiger partial charge is 0.287 e. The van der Waals surface area contributed by atoms with Crippen LogP contribution in [-0.2, 0) is 13.6 Å². The third-order valence-corrected chi connectivity index (χ3v) is 5.11. The van der Waals surface area contributed by atoms with Gasteiger partial charge < -0.3 is 9.32 Å². The molecular formula is C15H18ClN5O2. The zero-order valence-electron chi connectivity index (χ0n) is 13.1. The number of nitrogens with zero attached hydrogens (tertiary/aromatic N) is 5. The quantitative estimate of drug-likeness (QED) is 0.839. The van der Waals surface area contributed by atoms with Gasteiger partial charge >= 0.3 is 0 Å². The zero-order valence-corrected chi connectivity index (χ0v) is 13.8. The standard InChI is InChI=1S/C15H18ClN5O2/c1-9-18-10(8-23-9)5-21-11-3-12(21)7-20(6-11)13-4-17-19(2)15(22)14(13)16/h4,8,11-12H,3,5-7H2,1-2H3. The van der Waals surface area contributed by atoms with Crippen LogP contribution in [0.3, 0.4) is 0 Å². The van der Waals surface area contributed by atoms with Crippen molar-refractivity contribution in [3.05, 3.63) is 39.4 Å². The molecule has 0 saturated carbocycles. The lowest BCUT2D eigenvalue weighted by Gasteiger charge is -2.56. The van der Waals surface area contributed by atoms with Gasteiger partial charge in [-0.15, -0.1) is 0 Å². The topological polar surface area (TPSA) is 67.4 Å². The van der Waals surface area contributed by atoms with Crippen molar-refractivity contribution in [1.29, 1.82) is 0 Å². The van der Waals surface area contributed by atoms with E-state index in [1.807, 2.05) is 6.92 Å². The summed E-state index contributed by atoms with van der Waals surface area (Å²) in [7, 11) is 1.60. The second-order valence-electron chi connectivity index (χ2n) is 6.25. The van der Waals surface area contributed by atoms with Gasteiger partial charge in [0, 0.05) is 45.7 Å². The molecule has 2 unspecified atom stereocenters. The Bertz CT molecular complexity index is 789. The molecule has 0 radical (unpaired) electrons. The molecule has 0 spiro atoms. The molecule has 122 valence electrons. The molecule has 7 nitrogen and oxygen atoms in total. The number of hydrogen-bond donors (Lipinski definition) is 0. The number of oxazole rings is 1. The van der Waals surface area contributed by atoms with E-state index in [2.05, 4.69) is 19.9 Å². The second kappa shape index (κ2) is 5.35. The number of anilines is 1. The lowest BCUT2D eigenvalue weighted by molar-refractivity contribution is -0.00948. The van der Waals surface area contributed by atoms with Gasteiger partial charge in [0.25, 0.3) is 5.56 Å². The largest absolute Gasteiger partial charge is 0.449 e. The molecule has 0 aromatic carbocycles. The van der Waals surface area contributed by atoms with Crippen LogP contribution in [-0.4, -0.2) is 44.8 Å². The van der Waals surface area contributed by atoms with Crippen LogP contribution in [0.2, 0.25) is 5.02 Å². The molecule has 3 aliphatic heterocycles. The van der Waals surface area contributed by atoms with Crippen LogP contribution in [0.15, 0.2) is 21.7 Å². The zero-order chi connectivity index (χ0) is 16.1. The van der Waals surface area contributed by atoms with E-state index in [1.54, 1.807) is 19.5 Å². The van der Waals surface area contributed by atoms with Gasteiger partial charge in [-0.3, -0.25) is 9.69 Å². The fourth-order valence-electron chi connectivity index (χ4n) is 3.53. The Kier molecular flexibility index (Phi) is 3.42. The van der Waals surface area contributed by atoms with E-state index in [9.17, 15) is 4.79 Å². The van der Waals surface area contributed by atoms with Gasteiger partial charge in [-0.1, -0.05) is 11.6 Å². The molecule has 3 saturated heterocycles. The summed E-state index contributed by atoms with van der Waals surface area (Å²) < 4.78 is 6.54. The van der Waals surface area contributed by atoms with Crippen molar-refractivity contribution >= 4 is 17.3 Å². The van der Waals surface area contributed by atoms with E-state index in [0.717, 1.165) is 31.0 Å². The minimum atomic E-state index is -0.252. The molecule has 2 bridgehead atoms. The number of piperidine rings is 1. The van der Waals surface area contributed by atoms with E-state index in [1.165, 1.54) is 11.1 Å². The Labute approximate surface area is 138 Å². The van der Waals surface area contributed by atoms with Crippen LogP contribution in [0.1, 0.15) is 18.0 Å². The highest BCUT2D eigenvalue weighted by Crippen LogP contribution is 2.36. The highest BCUT2D eigenvalue weighted by atomic mass is 35.5. The Hall–Kier alpha value is -1.86. The van der Waals surface area contributed by atoms with Crippen LogP contribution < -0.4 is 10.5 Å². The molecule has 3 fully saturated rings. The summed E-state index contributed by atoms with van der Waals surface area (Å²) in [4.78, 5) is 20.9. The molecule has 3 aliphatic rings. The fourth-order valence-corrected chi connectivity index (χ4v) is 3.82. The van der Waals surface area contributed by atoms with Gasteiger partial charge in [0.05, 0.1) is 17.6 Å². The summed E-state index contributed by atoms with van der Waals surface area (Å²) in [5, 5.41) is 4.34. The summed E-state index contributed by atoms with van der Waals surface area (Å²) in [6, 6.07) is 0.900. The molecule has 5 rings (SSSR count). The Morgan fingerprint density at radius 2 is 2.13 bits per heavy atom. The summed E-state index contributed by atoms with van der Waals surface area (Å²) >= 11 is 6.21. The molecule has 2 atom stereocenters.